The van der Waals surface area contributed by atoms with E-state index in [0.717, 1.165) is 18.2 Å². The molecule has 0 saturated carbocycles. The minimum atomic E-state index is -4.25. The van der Waals surface area contributed by atoms with Gasteiger partial charge in [0, 0.05) is 10.8 Å². The van der Waals surface area contributed by atoms with Gasteiger partial charge in [0.25, 0.3) is 10.0 Å². The molecule has 0 aromatic heterocycles. The largest absolute Gasteiger partial charge is 0.325 e. The molecule has 0 saturated heterocycles. The molecule has 5 nitrogen and oxygen atoms in total. The van der Waals surface area contributed by atoms with Crippen LogP contribution < -0.4 is 10.0 Å². The van der Waals surface area contributed by atoms with Gasteiger partial charge in [-0.1, -0.05) is 19.9 Å². The number of para-hydroxylation sites is 1. The summed E-state index contributed by atoms with van der Waals surface area (Å²) in [4.78, 5) is 12.4. The lowest BCUT2D eigenvalue weighted by Crippen LogP contribution is -2.19. The molecule has 9 heteroatoms. The summed E-state index contributed by atoms with van der Waals surface area (Å²) >= 11 is 1.33. The zero-order chi connectivity index (χ0) is 19.5. The van der Waals surface area contributed by atoms with Crippen molar-refractivity contribution in [3.8, 4) is 0 Å². The molecular formula is C17H18F2N2O3S2. The van der Waals surface area contributed by atoms with Crippen LogP contribution in [0.5, 0.6) is 0 Å². The van der Waals surface area contributed by atoms with Gasteiger partial charge >= 0.3 is 0 Å². The number of rotatable bonds is 6. The maximum Gasteiger partial charge on any atom is 0.262 e. The zero-order valence-corrected chi connectivity index (χ0v) is 16.0. The number of hydrogen-bond donors (Lipinski definition) is 2. The topological polar surface area (TPSA) is 75.3 Å². The molecule has 0 radical (unpaired) electrons. The molecule has 2 aromatic carbocycles. The van der Waals surface area contributed by atoms with Crippen LogP contribution in [-0.4, -0.2) is 20.6 Å². The quantitative estimate of drug-likeness (QED) is 0.717. The van der Waals surface area contributed by atoms with E-state index in [4.69, 9.17) is 0 Å². The van der Waals surface area contributed by atoms with Crippen LogP contribution in [0.3, 0.4) is 0 Å². The Morgan fingerprint density at radius 1 is 1.12 bits per heavy atom. The van der Waals surface area contributed by atoms with E-state index in [2.05, 4.69) is 5.32 Å². The van der Waals surface area contributed by atoms with Crippen LogP contribution in [0.15, 0.2) is 46.2 Å². The second-order valence-electron chi connectivity index (χ2n) is 5.71. The van der Waals surface area contributed by atoms with Crippen LogP contribution in [0.4, 0.5) is 20.2 Å². The highest BCUT2D eigenvalue weighted by Crippen LogP contribution is 2.30. The van der Waals surface area contributed by atoms with Crippen LogP contribution in [-0.2, 0) is 14.8 Å². The standard InChI is InChI=1S/C17H18F2N2O3S2/c1-10(2)17(22)20-14-9-11(7-8-15(14)25-3)26(23,24)21-16-12(18)5-4-6-13(16)19/h4-10,21H,1-3H3,(H,20,22). The van der Waals surface area contributed by atoms with Gasteiger partial charge in [-0.15, -0.1) is 11.8 Å². The molecule has 0 heterocycles. The Bertz CT molecular complexity index is 911. The van der Waals surface area contributed by atoms with E-state index >= 15 is 0 Å². The molecule has 0 fully saturated rings. The molecule has 1 amide bonds. The lowest BCUT2D eigenvalue weighted by Gasteiger charge is -2.14. The number of nitrogens with one attached hydrogen (secondary N) is 2. The number of benzene rings is 2. The van der Waals surface area contributed by atoms with Gasteiger partial charge in [0.2, 0.25) is 5.91 Å². The van der Waals surface area contributed by atoms with Crippen molar-refractivity contribution in [2.24, 2.45) is 5.92 Å². The summed E-state index contributed by atoms with van der Waals surface area (Å²) in [6, 6.07) is 7.12. The molecule has 0 aliphatic heterocycles. The number of carbonyl (C=O) groups excluding carboxylic acids is 1. The highest BCUT2D eigenvalue weighted by atomic mass is 32.2. The fourth-order valence-electron chi connectivity index (χ4n) is 2.02. The summed E-state index contributed by atoms with van der Waals surface area (Å²) in [6.45, 7) is 3.41. The first-order valence-corrected chi connectivity index (χ1v) is 10.3. The molecule has 2 aromatic rings. The molecule has 0 atom stereocenters. The van der Waals surface area contributed by atoms with E-state index < -0.39 is 27.3 Å². The lowest BCUT2D eigenvalue weighted by atomic mass is 10.2. The predicted octanol–water partition coefficient (Wildman–Crippen LogP) is 4.08. The second-order valence-corrected chi connectivity index (χ2v) is 8.24. The Hall–Kier alpha value is -2.13. The van der Waals surface area contributed by atoms with Crippen molar-refractivity contribution in [3.05, 3.63) is 48.0 Å². The Morgan fingerprint density at radius 2 is 1.73 bits per heavy atom. The smallest absolute Gasteiger partial charge is 0.262 e. The highest BCUT2D eigenvalue weighted by molar-refractivity contribution is 7.98. The monoisotopic (exact) mass is 400 g/mol. The number of sulfonamides is 1. The molecule has 2 N–H and O–H groups in total. The normalized spacial score (nSPS) is 11.5. The van der Waals surface area contributed by atoms with Crippen molar-refractivity contribution in [1.29, 1.82) is 0 Å². The van der Waals surface area contributed by atoms with Gasteiger partial charge in [-0.05, 0) is 36.6 Å². The number of thioether (sulfide) groups is 1. The number of amides is 1. The Morgan fingerprint density at radius 3 is 2.27 bits per heavy atom. The van der Waals surface area contributed by atoms with Crippen LogP contribution in [0.2, 0.25) is 0 Å². The third-order valence-electron chi connectivity index (χ3n) is 3.46. The Kier molecular flexibility index (Phi) is 6.25. The molecule has 140 valence electrons. The summed E-state index contributed by atoms with van der Waals surface area (Å²) < 4.78 is 54.4. The molecule has 0 bridgehead atoms. The van der Waals surface area contributed by atoms with Gasteiger partial charge in [-0.25, -0.2) is 17.2 Å². The van der Waals surface area contributed by atoms with E-state index in [0.29, 0.717) is 10.6 Å². The number of halogens is 2. The summed E-state index contributed by atoms with van der Waals surface area (Å²) in [7, 11) is -4.25. The summed E-state index contributed by atoms with van der Waals surface area (Å²) in [5.74, 6) is -2.62. The second kappa shape index (κ2) is 8.05. The minimum Gasteiger partial charge on any atom is -0.325 e. The summed E-state index contributed by atoms with van der Waals surface area (Å²) in [6.07, 6.45) is 1.78. The average molecular weight is 400 g/mol. The molecule has 0 aliphatic rings. The van der Waals surface area contributed by atoms with Crippen LogP contribution in [0, 0.1) is 17.6 Å². The van der Waals surface area contributed by atoms with E-state index in [9.17, 15) is 22.0 Å². The average Bonchev–Trinajstić information content (AvgIpc) is 2.58. The fourth-order valence-corrected chi connectivity index (χ4v) is 3.65. The molecule has 2 rings (SSSR count). The van der Waals surface area contributed by atoms with Crippen molar-refractivity contribution in [1.82, 2.24) is 0 Å². The SMILES string of the molecule is CSc1ccc(S(=O)(=O)Nc2c(F)cccc2F)cc1NC(=O)C(C)C. The summed E-state index contributed by atoms with van der Waals surface area (Å²) in [5.41, 5.74) is -0.442. The van der Waals surface area contributed by atoms with Gasteiger partial charge in [0.15, 0.2) is 0 Å². The third kappa shape index (κ3) is 4.53. The lowest BCUT2D eigenvalue weighted by molar-refractivity contribution is -0.118. The maximum atomic E-state index is 13.7. The van der Waals surface area contributed by atoms with Crippen molar-refractivity contribution in [3.63, 3.8) is 0 Å². The number of anilines is 2. The van der Waals surface area contributed by atoms with E-state index in [1.165, 1.54) is 30.0 Å². The Labute approximate surface area is 155 Å². The minimum absolute atomic E-state index is 0.225. The van der Waals surface area contributed by atoms with Crippen LogP contribution in [0.25, 0.3) is 0 Å². The van der Waals surface area contributed by atoms with Gasteiger partial charge in [-0.2, -0.15) is 0 Å². The first-order chi connectivity index (χ1) is 12.2. The van der Waals surface area contributed by atoms with Gasteiger partial charge in [-0.3, -0.25) is 9.52 Å². The zero-order valence-electron chi connectivity index (χ0n) is 14.3. The fraction of sp³-hybridized carbons (Fsp3) is 0.235. The first kappa shape index (κ1) is 20.2. The van der Waals surface area contributed by atoms with Gasteiger partial charge in [0.1, 0.15) is 17.3 Å². The molecule has 26 heavy (non-hydrogen) atoms. The molecular weight excluding hydrogens is 382 g/mol. The van der Waals surface area contributed by atoms with Crippen molar-refractivity contribution >= 4 is 39.1 Å². The third-order valence-corrected chi connectivity index (χ3v) is 5.61. The van der Waals surface area contributed by atoms with Crippen LogP contribution in [0.1, 0.15) is 13.8 Å². The van der Waals surface area contributed by atoms with E-state index in [1.807, 2.05) is 4.72 Å². The van der Waals surface area contributed by atoms with Crippen molar-refractivity contribution in [2.45, 2.75) is 23.6 Å². The van der Waals surface area contributed by atoms with Gasteiger partial charge < -0.3 is 5.32 Å². The molecule has 0 spiro atoms. The highest BCUT2D eigenvalue weighted by Gasteiger charge is 2.21. The van der Waals surface area contributed by atoms with Crippen molar-refractivity contribution < 1.29 is 22.0 Å². The number of hydrogen-bond acceptors (Lipinski definition) is 4. The van der Waals surface area contributed by atoms with Crippen molar-refractivity contribution in [2.75, 3.05) is 16.3 Å². The number of carbonyl (C=O) groups is 1. The predicted molar refractivity (Wildman–Crippen MR) is 98.9 cm³/mol. The van der Waals surface area contributed by atoms with Gasteiger partial charge in [0.05, 0.1) is 10.6 Å². The maximum absolute atomic E-state index is 13.7. The van der Waals surface area contributed by atoms with E-state index in [1.54, 1.807) is 20.1 Å². The van der Waals surface area contributed by atoms with E-state index in [-0.39, 0.29) is 16.7 Å². The Balaban J connectivity index is 2.42. The molecule has 0 aliphatic carbocycles. The first-order valence-electron chi connectivity index (χ1n) is 7.61. The van der Waals surface area contributed by atoms with Crippen LogP contribution >= 0.6 is 11.8 Å². The molecule has 0 unspecified atom stereocenters. The summed E-state index contributed by atoms with van der Waals surface area (Å²) in [5, 5.41) is 2.66.